The second kappa shape index (κ2) is 6.88. The molecule has 2 aromatic rings. The number of thiocarbonyl (C=S) groups is 1. The molecule has 114 valence electrons. The Morgan fingerprint density at radius 1 is 1.27 bits per heavy atom. The van der Waals surface area contributed by atoms with Crippen molar-refractivity contribution in [2.24, 2.45) is 0 Å². The summed E-state index contributed by atoms with van der Waals surface area (Å²) in [4.78, 5) is 6.49. The molecule has 22 heavy (non-hydrogen) atoms. The lowest BCUT2D eigenvalue weighted by atomic mass is 10.1. The third kappa shape index (κ3) is 3.63. The third-order valence-electron chi connectivity index (χ3n) is 3.96. The van der Waals surface area contributed by atoms with Crippen LogP contribution in [0.5, 0.6) is 0 Å². The molecule has 0 aliphatic heterocycles. The monoisotopic (exact) mass is 311 g/mol. The first-order chi connectivity index (χ1) is 10.8. The average Bonchev–Trinajstić information content (AvgIpc) is 3.39. The molecule has 0 saturated heterocycles. The van der Waals surface area contributed by atoms with Crippen LogP contribution in [-0.2, 0) is 13.0 Å². The van der Waals surface area contributed by atoms with Crippen LogP contribution in [0.4, 0.5) is 5.69 Å². The molecule has 1 N–H and O–H groups in total. The first kappa shape index (κ1) is 15.0. The van der Waals surface area contributed by atoms with E-state index in [4.69, 9.17) is 12.2 Å². The summed E-state index contributed by atoms with van der Waals surface area (Å²) in [6.07, 6.45) is 7.16. The molecule has 0 radical (unpaired) electrons. The van der Waals surface area contributed by atoms with Crippen molar-refractivity contribution in [3.8, 4) is 0 Å². The van der Waals surface area contributed by atoms with Crippen LogP contribution in [0.1, 0.15) is 30.9 Å². The standard InChI is InChI=1S/C18H21N3S/c1-2-15-7-3-4-8-17(15)20-18(22)21(16-9-10-16)13-14-6-5-11-19-12-14/h3-8,11-12,16H,2,9-10,13H2,1H3,(H,20,22). The number of aryl methyl sites for hydroxylation is 1. The van der Waals surface area contributed by atoms with E-state index in [9.17, 15) is 0 Å². The molecule has 0 unspecified atom stereocenters. The Balaban J connectivity index is 1.73. The molecule has 1 aromatic carbocycles. The lowest BCUT2D eigenvalue weighted by Crippen LogP contribution is -2.36. The minimum atomic E-state index is 0.564. The number of rotatable bonds is 5. The Labute approximate surface area is 137 Å². The molecule has 0 amide bonds. The van der Waals surface area contributed by atoms with E-state index in [0.717, 1.165) is 23.8 Å². The second-order valence-electron chi connectivity index (χ2n) is 5.66. The SMILES string of the molecule is CCc1ccccc1NC(=S)N(Cc1cccnc1)C1CC1. The third-order valence-corrected chi connectivity index (χ3v) is 4.30. The maximum absolute atomic E-state index is 5.67. The number of nitrogens with one attached hydrogen (secondary N) is 1. The summed E-state index contributed by atoms with van der Waals surface area (Å²) in [5.74, 6) is 0. The van der Waals surface area contributed by atoms with Crippen LogP contribution in [0.25, 0.3) is 0 Å². The molecule has 1 fully saturated rings. The van der Waals surface area contributed by atoms with Crippen LogP contribution >= 0.6 is 12.2 Å². The molecule has 1 heterocycles. The van der Waals surface area contributed by atoms with Gasteiger partial charge in [0.2, 0.25) is 0 Å². The molecule has 4 heteroatoms. The number of para-hydroxylation sites is 1. The minimum Gasteiger partial charge on any atom is -0.342 e. The van der Waals surface area contributed by atoms with Crippen molar-refractivity contribution in [3.63, 3.8) is 0 Å². The highest BCUT2D eigenvalue weighted by Gasteiger charge is 2.31. The zero-order valence-electron chi connectivity index (χ0n) is 12.8. The number of benzene rings is 1. The highest BCUT2D eigenvalue weighted by molar-refractivity contribution is 7.80. The first-order valence-electron chi connectivity index (χ1n) is 7.82. The molecular formula is C18H21N3S. The van der Waals surface area contributed by atoms with E-state index in [1.165, 1.54) is 24.0 Å². The molecule has 0 atom stereocenters. The fourth-order valence-corrected chi connectivity index (χ4v) is 2.90. The van der Waals surface area contributed by atoms with Crippen molar-refractivity contribution in [2.45, 2.75) is 38.8 Å². The van der Waals surface area contributed by atoms with Crippen LogP contribution in [0.3, 0.4) is 0 Å². The predicted molar refractivity (Wildman–Crippen MR) is 94.8 cm³/mol. The van der Waals surface area contributed by atoms with Gasteiger partial charge in [-0.25, -0.2) is 0 Å². The van der Waals surface area contributed by atoms with Crippen molar-refractivity contribution in [2.75, 3.05) is 5.32 Å². The summed E-state index contributed by atoms with van der Waals surface area (Å²) >= 11 is 5.67. The van der Waals surface area contributed by atoms with Crippen LogP contribution in [0.2, 0.25) is 0 Å². The van der Waals surface area contributed by atoms with Gasteiger partial charge in [0.1, 0.15) is 0 Å². The quantitative estimate of drug-likeness (QED) is 0.845. The Kier molecular flexibility index (Phi) is 4.68. The van der Waals surface area contributed by atoms with Crippen LogP contribution in [0.15, 0.2) is 48.8 Å². The van der Waals surface area contributed by atoms with Gasteiger partial charge in [-0.05, 0) is 54.7 Å². The normalized spacial score (nSPS) is 13.7. The average molecular weight is 311 g/mol. The van der Waals surface area contributed by atoms with E-state index in [0.29, 0.717) is 6.04 Å². The van der Waals surface area contributed by atoms with Gasteiger partial charge in [-0.15, -0.1) is 0 Å². The summed E-state index contributed by atoms with van der Waals surface area (Å²) < 4.78 is 0. The Morgan fingerprint density at radius 2 is 2.09 bits per heavy atom. The van der Waals surface area contributed by atoms with E-state index in [1.807, 2.05) is 18.3 Å². The van der Waals surface area contributed by atoms with Gasteiger partial charge in [-0.1, -0.05) is 31.2 Å². The smallest absolute Gasteiger partial charge is 0.173 e. The van der Waals surface area contributed by atoms with Gasteiger partial charge in [0.25, 0.3) is 0 Å². The summed E-state index contributed by atoms with van der Waals surface area (Å²) in [5.41, 5.74) is 3.61. The van der Waals surface area contributed by atoms with Crippen molar-refractivity contribution in [1.82, 2.24) is 9.88 Å². The van der Waals surface area contributed by atoms with Crippen molar-refractivity contribution < 1.29 is 0 Å². The maximum Gasteiger partial charge on any atom is 0.173 e. The highest BCUT2D eigenvalue weighted by Crippen LogP contribution is 2.29. The van der Waals surface area contributed by atoms with Crippen molar-refractivity contribution >= 4 is 23.0 Å². The van der Waals surface area contributed by atoms with Gasteiger partial charge in [0.05, 0.1) is 0 Å². The first-order valence-corrected chi connectivity index (χ1v) is 8.23. The highest BCUT2D eigenvalue weighted by atomic mass is 32.1. The molecular weight excluding hydrogens is 290 g/mol. The van der Waals surface area contributed by atoms with Crippen molar-refractivity contribution in [1.29, 1.82) is 0 Å². The van der Waals surface area contributed by atoms with E-state index in [1.54, 1.807) is 6.20 Å². The zero-order valence-corrected chi connectivity index (χ0v) is 13.6. The molecule has 1 aliphatic rings. The van der Waals surface area contributed by atoms with Crippen LogP contribution < -0.4 is 5.32 Å². The Hall–Kier alpha value is -1.94. The van der Waals surface area contributed by atoms with Crippen molar-refractivity contribution in [3.05, 3.63) is 59.9 Å². The Morgan fingerprint density at radius 3 is 2.77 bits per heavy atom. The number of nitrogens with zero attached hydrogens (tertiary/aromatic N) is 2. The fourth-order valence-electron chi connectivity index (χ4n) is 2.58. The van der Waals surface area contributed by atoms with E-state index in [2.05, 4.69) is 46.4 Å². The number of anilines is 1. The molecule has 3 nitrogen and oxygen atoms in total. The number of pyridine rings is 1. The van der Waals surface area contributed by atoms with E-state index >= 15 is 0 Å². The number of hydrogen-bond acceptors (Lipinski definition) is 2. The van der Waals surface area contributed by atoms with Crippen LogP contribution in [-0.4, -0.2) is 21.0 Å². The largest absolute Gasteiger partial charge is 0.342 e. The van der Waals surface area contributed by atoms with E-state index < -0.39 is 0 Å². The predicted octanol–water partition coefficient (Wildman–Crippen LogP) is 4.01. The zero-order chi connectivity index (χ0) is 15.4. The van der Waals surface area contributed by atoms with Gasteiger partial charge in [-0.3, -0.25) is 4.98 Å². The number of aromatic nitrogens is 1. The molecule has 3 rings (SSSR count). The van der Waals surface area contributed by atoms with Crippen LogP contribution in [0, 0.1) is 0 Å². The molecule has 1 saturated carbocycles. The molecule has 0 spiro atoms. The fraction of sp³-hybridized carbons (Fsp3) is 0.333. The lowest BCUT2D eigenvalue weighted by Gasteiger charge is -2.26. The van der Waals surface area contributed by atoms with Gasteiger partial charge >= 0.3 is 0 Å². The van der Waals surface area contributed by atoms with Gasteiger partial charge < -0.3 is 10.2 Å². The minimum absolute atomic E-state index is 0.564. The maximum atomic E-state index is 5.67. The molecule has 1 aromatic heterocycles. The topological polar surface area (TPSA) is 28.2 Å². The summed E-state index contributed by atoms with van der Waals surface area (Å²) in [6, 6.07) is 13.0. The van der Waals surface area contributed by atoms with Gasteiger partial charge in [-0.2, -0.15) is 0 Å². The molecule has 1 aliphatic carbocycles. The lowest BCUT2D eigenvalue weighted by molar-refractivity contribution is 0.409. The van der Waals surface area contributed by atoms with E-state index in [-0.39, 0.29) is 0 Å². The Bertz CT molecular complexity index is 638. The summed E-state index contributed by atoms with van der Waals surface area (Å²) in [5, 5.41) is 4.25. The second-order valence-corrected chi connectivity index (χ2v) is 6.05. The molecule has 0 bridgehead atoms. The van der Waals surface area contributed by atoms with Gasteiger partial charge in [0, 0.05) is 30.7 Å². The number of hydrogen-bond donors (Lipinski definition) is 1. The van der Waals surface area contributed by atoms with Gasteiger partial charge in [0.15, 0.2) is 5.11 Å². The summed E-state index contributed by atoms with van der Waals surface area (Å²) in [6.45, 7) is 2.98. The summed E-state index contributed by atoms with van der Waals surface area (Å²) in [7, 11) is 0.